The van der Waals surface area contributed by atoms with Crippen molar-refractivity contribution in [1.82, 2.24) is 4.90 Å². The Bertz CT molecular complexity index is 482. The summed E-state index contributed by atoms with van der Waals surface area (Å²) in [6.07, 6.45) is 11.4. The number of hydrogen-bond acceptors (Lipinski definition) is 4. The highest BCUT2D eigenvalue weighted by Gasteiger charge is 2.43. The van der Waals surface area contributed by atoms with E-state index in [1.54, 1.807) is 0 Å². The molecule has 6 heteroatoms. The summed E-state index contributed by atoms with van der Waals surface area (Å²) in [6.45, 7) is 0. The van der Waals surface area contributed by atoms with Gasteiger partial charge in [-0.2, -0.15) is 0 Å². The number of carbonyl (C=O) groups is 2. The quantitative estimate of drug-likeness (QED) is 0.852. The van der Waals surface area contributed by atoms with Crippen LogP contribution in [0.25, 0.3) is 0 Å². The molecule has 1 unspecified atom stereocenters. The maximum Gasteiger partial charge on any atom is 0.305 e. The zero-order chi connectivity index (χ0) is 16.2. The molecule has 1 aliphatic heterocycles. The van der Waals surface area contributed by atoms with Gasteiger partial charge < -0.3 is 5.11 Å². The topological polar surface area (TPSA) is 70.0 Å². The lowest BCUT2D eigenvalue weighted by molar-refractivity contribution is -0.139. The van der Waals surface area contributed by atoms with Crippen LogP contribution in [0.3, 0.4) is 0 Å². The van der Waals surface area contributed by atoms with E-state index in [4.69, 9.17) is 10.1 Å². The van der Waals surface area contributed by atoms with Crippen molar-refractivity contribution < 1.29 is 14.7 Å². The molecule has 1 amide bonds. The van der Waals surface area contributed by atoms with Gasteiger partial charge in [0.1, 0.15) is 5.25 Å². The van der Waals surface area contributed by atoms with Gasteiger partial charge in [0.15, 0.2) is 5.17 Å². The van der Waals surface area contributed by atoms with E-state index >= 15 is 0 Å². The lowest BCUT2D eigenvalue weighted by atomic mass is 9.94. The van der Waals surface area contributed by atoms with E-state index in [1.165, 1.54) is 37.4 Å². The van der Waals surface area contributed by atoms with Crippen molar-refractivity contribution in [2.75, 3.05) is 0 Å². The smallest absolute Gasteiger partial charge is 0.305 e. The number of amidine groups is 1. The van der Waals surface area contributed by atoms with Crippen LogP contribution in [0.1, 0.15) is 70.6 Å². The van der Waals surface area contributed by atoms with E-state index in [0.29, 0.717) is 6.04 Å². The number of aliphatic imine (C=N–C) groups is 1. The van der Waals surface area contributed by atoms with Crippen LogP contribution in [0.5, 0.6) is 0 Å². The minimum Gasteiger partial charge on any atom is -0.481 e. The molecule has 1 heterocycles. The van der Waals surface area contributed by atoms with Crippen LogP contribution < -0.4 is 0 Å². The first-order valence-electron chi connectivity index (χ1n) is 8.94. The zero-order valence-corrected chi connectivity index (χ0v) is 14.4. The van der Waals surface area contributed by atoms with Crippen molar-refractivity contribution >= 4 is 28.8 Å². The third-order valence-corrected chi connectivity index (χ3v) is 6.30. The van der Waals surface area contributed by atoms with E-state index in [2.05, 4.69) is 0 Å². The second kappa shape index (κ2) is 7.69. The van der Waals surface area contributed by atoms with E-state index < -0.39 is 11.2 Å². The fourth-order valence-corrected chi connectivity index (χ4v) is 5.16. The average Bonchev–Trinajstić information content (AvgIpc) is 2.84. The Hall–Kier alpha value is -1.04. The Kier molecular flexibility index (Phi) is 5.62. The van der Waals surface area contributed by atoms with Gasteiger partial charge in [0.05, 0.1) is 12.5 Å². The number of thioether (sulfide) groups is 1. The molecule has 5 nitrogen and oxygen atoms in total. The minimum atomic E-state index is -0.904. The summed E-state index contributed by atoms with van der Waals surface area (Å²) < 4.78 is 0. The molecule has 128 valence electrons. The maximum atomic E-state index is 12.8. The molecule has 23 heavy (non-hydrogen) atoms. The van der Waals surface area contributed by atoms with Crippen LogP contribution >= 0.6 is 11.8 Å². The lowest BCUT2D eigenvalue weighted by Crippen LogP contribution is -2.42. The Morgan fingerprint density at radius 2 is 1.70 bits per heavy atom. The van der Waals surface area contributed by atoms with Crippen molar-refractivity contribution in [3.63, 3.8) is 0 Å². The van der Waals surface area contributed by atoms with Gasteiger partial charge in [-0.25, -0.2) is 0 Å². The van der Waals surface area contributed by atoms with Gasteiger partial charge in [0.2, 0.25) is 5.91 Å². The summed E-state index contributed by atoms with van der Waals surface area (Å²) in [6, 6.07) is 0.540. The molecule has 3 aliphatic rings. The largest absolute Gasteiger partial charge is 0.481 e. The monoisotopic (exact) mass is 338 g/mol. The van der Waals surface area contributed by atoms with Crippen LogP contribution in [0.15, 0.2) is 4.99 Å². The van der Waals surface area contributed by atoms with E-state index in [-0.39, 0.29) is 18.4 Å². The van der Waals surface area contributed by atoms with Crippen molar-refractivity contribution in [2.24, 2.45) is 4.99 Å². The van der Waals surface area contributed by atoms with Gasteiger partial charge in [-0.15, -0.1) is 0 Å². The number of rotatable bonds is 4. The van der Waals surface area contributed by atoms with Crippen LogP contribution in [-0.2, 0) is 9.59 Å². The summed E-state index contributed by atoms with van der Waals surface area (Å²) in [7, 11) is 0. The van der Waals surface area contributed by atoms with Gasteiger partial charge in [0.25, 0.3) is 0 Å². The SMILES string of the molecule is O=C(O)CC1SC(=NC2CCCCC2)N(C2CCCCC2)C1=O. The molecule has 0 aromatic rings. The van der Waals surface area contributed by atoms with Crippen molar-refractivity contribution in [3.05, 3.63) is 0 Å². The molecule has 1 saturated heterocycles. The molecule has 1 N–H and O–H groups in total. The van der Waals surface area contributed by atoms with E-state index in [9.17, 15) is 9.59 Å². The predicted molar refractivity (Wildman–Crippen MR) is 91.7 cm³/mol. The predicted octanol–water partition coefficient (Wildman–Crippen LogP) is 3.43. The van der Waals surface area contributed by atoms with Crippen LogP contribution in [0.4, 0.5) is 0 Å². The molecule has 2 aliphatic carbocycles. The highest BCUT2D eigenvalue weighted by molar-refractivity contribution is 8.15. The number of carboxylic acids is 1. The molecule has 3 fully saturated rings. The van der Waals surface area contributed by atoms with Gasteiger partial charge in [-0.05, 0) is 25.7 Å². The van der Waals surface area contributed by atoms with Crippen LogP contribution in [0.2, 0.25) is 0 Å². The molecule has 3 rings (SSSR count). The molecule has 0 radical (unpaired) electrons. The Balaban J connectivity index is 1.79. The molecule has 1 atom stereocenters. The summed E-state index contributed by atoms with van der Waals surface area (Å²) in [5.74, 6) is -0.933. The van der Waals surface area contributed by atoms with E-state index in [0.717, 1.165) is 43.7 Å². The first kappa shape index (κ1) is 16.8. The number of amides is 1. The first-order valence-corrected chi connectivity index (χ1v) is 9.82. The standard InChI is InChI=1S/C17H26N2O3S/c20-15(21)11-14-16(22)19(13-9-5-2-6-10-13)17(23-14)18-12-7-3-1-4-8-12/h12-14H,1-11H2,(H,20,21). The second-order valence-corrected chi connectivity index (χ2v) is 8.08. The Morgan fingerprint density at radius 3 is 2.30 bits per heavy atom. The average molecular weight is 338 g/mol. The third kappa shape index (κ3) is 4.08. The molecule has 2 saturated carbocycles. The number of hydrogen-bond donors (Lipinski definition) is 1. The van der Waals surface area contributed by atoms with Crippen molar-refractivity contribution in [2.45, 2.75) is 88.0 Å². The van der Waals surface area contributed by atoms with Gasteiger partial charge in [-0.1, -0.05) is 50.3 Å². The molecule has 0 bridgehead atoms. The zero-order valence-electron chi connectivity index (χ0n) is 13.6. The van der Waals surface area contributed by atoms with Crippen LogP contribution in [-0.4, -0.2) is 44.4 Å². The fourth-order valence-electron chi connectivity index (χ4n) is 3.91. The number of aliphatic carboxylic acids is 1. The van der Waals surface area contributed by atoms with Gasteiger partial charge in [0, 0.05) is 6.04 Å². The Labute approximate surface area is 141 Å². The fraction of sp³-hybridized carbons (Fsp3) is 0.824. The highest BCUT2D eigenvalue weighted by Crippen LogP contribution is 2.36. The molecule has 0 aromatic carbocycles. The van der Waals surface area contributed by atoms with Gasteiger partial charge in [-0.3, -0.25) is 19.5 Å². The summed E-state index contributed by atoms with van der Waals surface area (Å²) in [4.78, 5) is 30.6. The second-order valence-electron chi connectivity index (χ2n) is 6.91. The third-order valence-electron chi connectivity index (χ3n) is 5.13. The minimum absolute atomic E-state index is 0.0288. The first-order chi connectivity index (χ1) is 11.1. The number of carboxylic acid groups (broad SMARTS) is 1. The van der Waals surface area contributed by atoms with E-state index in [1.807, 2.05) is 4.90 Å². The van der Waals surface area contributed by atoms with Gasteiger partial charge >= 0.3 is 5.97 Å². The molecule has 0 aromatic heterocycles. The summed E-state index contributed by atoms with van der Waals surface area (Å²) in [5, 5.41) is 9.39. The van der Waals surface area contributed by atoms with Crippen molar-refractivity contribution in [1.29, 1.82) is 0 Å². The van der Waals surface area contributed by atoms with Crippen molar-refractivity contribution in [3.8, 4) is 0 Å². The van der Waals surface area contributed by atoms with Crippen LogP contribution in [0, 0.1) is 0 Å². The normalized spacial score (nSPS) is 29.4. The molecular formula is C17H26N2O3S. The Morgan fingerprint density at radius 1 is 1.09 bits per heavy atom. The number of carbonyl (C=O) groups excluding carboxylic acids is 1. The molecular weight excluding hydrogens is 312 g/mol. The summed E-state index contributed by atoms with van der Waals surface area (Å²) in [5.41, 5.74) is 0. The summed E-state index contributed by atoms with van der Waals surface area (Å²) >= 11 is 1.39. The number of nitrogens with zero attached hydrogens (tertiary/aromatic N) is 2. The maximum absolute atomic E-state index is 12.8. The lowest BCUT2D eigenvalue weighted by Gasteiger charge is -2.31. The highest BCUT2D eigenvalue weighted by atomic mass is 32.2. The molecule has 0 spiro atoms.